The molecule has 0 saturated heterocycles. The van der Waals surface area contributed by atoms with Crippen LogP contribution in [0.2, 0.25) is 0 Å². The van der Waals surface area contributed by atoms with Gasteiger partial charge in [0.1, 0.15) is 0 Å². The van der Waals surface area contributed by atoms with Crippen LogP contribution >= 0.6 is 0 Å². The van der Waals surface area contributed by atoms with Crippen LogP contribution in [0.5, 0.6) is 0 Å². The molecule has 1 N–H and O–H groups in total. The molecule has 0 fully saturated rings. The van der Waals surface area contributed by atoms with Gasteiger partial charge >= 0.3 is 29.6 Å². The first kappa shape index (κ1) is 13.8. The van der Waals surface area contributed by atoms with Crippen LogP contribution in [-0.4, -0.2) is 41.0 Å². The number of rotatable bonds is 1. The molecule has 0 saturated carbocycles. The number of nitrogens with one attached hydrogen (secondary N) is 1. The van der Waals surface area contributed by atoms with E-state index in [-0.39, 0.29) is 41.0 Å². The van der Waals surface area contributed by atoms with Crippen LogP contribution in [0.25, 0.3) is 0 Å². The summed E-state index contributed by atoms with van der Waals surface area (Å²) in [5.41, 5.74) is 0.394. The number of hydrogen-bond donors (Lipinski definition) is 1. The van der Waals surface area contributed by atoms with E-state index in [1.54, 1.807) is 6.92 Å². The molecular weight excluding hydrogens is 149 g/mol. The van der Waals surface area contributed by atoms with Gasteiger partial charge in [-0.25, -0.2) is 0 Å². The molecule has 0 spiro atoms. The summed E-state index contributed by atoms with van der Waals surface area (Å²) in [6.45, 7) is 11.0. The Morgan fingerprint density at radius 1 is 1.36 bits per heavy atom. The van der Waals surface area contributed by atoms with Crippen molar-refractivity contribution in [1.82, 2.24) is 5.32 Å². The molecule has 0 atom stereocenters. The van der Waals surface area contributed by atoms with Crippen molar-refractivity contribution in [2.45, 2.75) is 33.2 Å². The first-order chi connectivity index (χ1) is 4.33. The molecule has 0 rings (SSSR count). The third-order valence-corrected chi connectivity index (χ3v) is 0.876. The van der Waals surface area contributed by atoms with Crippen molar-refractivity contribution in [3.8, 4) is 0 Å². The zero-order valence-electron chi connectivity index (χ0n) is 7.12. The second kappa shape index (κ2) is 4.96. The van der Waals surface area contributed by atoms with Gasteiger partial charge in [-0.15, -0.1) is 0 Å². The molecule has 0 aliphatic carbocycles. The molecule has 0 bridgehead atoms. The van der Waals surface area contributed by atoms with Crippen LogP contribution in [-0.2, 0) is 4.79 Å². The first-order valence-corrected chi connectivity index (χ1v) is 3.31. The van der Waals surface area contributed by atoms with Gasteiger partial charge in [0.2, 0.25) is 5.91 Å². The Kier molecular flexibility index (Phi) is 6.22. The first-order valence-electron chi connectivity index (χ1n) is 3.31. The van der Waals surface area contributed by atoms with Gasteiger partial charge in [0.25, 0.3) is 0 Å². The van der Waals surface area contributed by atoms with E-state index in [1.807, 2.05) is 20.8 Å². The fraction of sp³-hybridized carbons (Fsp3) is 0.625. The molecule has 2 nitrogen and oxygen atoms in total. The standard InChI is InChI=1S/C8H15NO.Na.H/c1-6(2)7(10)9-8(3,4)5;;/h1H2,2-5H3,(H,9,10);;. The monoisotopic (exact) mass is 165 g/mol. The van der Waals surface area contributed by atoms with Gasteiger partial charge in [-0.1, -0.05) is 6.58 Å². The van der Waals surface area contributed by atoms with Crippen molar-refractivity contribution < 1.29 is 4.79 Å². The average Bonchev–Trinajstić information content (AvgIpc) is 1.60. The van der Waals surface area contributed by atoms with Crippen LogP contribution in [0.15, 0.2) is 12.2 Å². The molecule has 0 aromatic heterocycles. The Morgan fingerprint density at radius 3 is 1.82 bits per heavy atom. The van der Waals surface area contributed by atoms with Gasteiger partial charge < -0.3 is 5.32 Å². The van der Waals surface area contributed by atoms with E-state index < -0.39 is 0 Å². The molecular formula is C8H16NNaO. The van der Waals surface area contributed by atoms with Crippen LogP contribution in [0.3, 0.4) is 0 Å². The van der Waals surface area contributed by atoms with Gasteiger partial charge in [0.15, 0.2) is 0 Å². The predicted octanol–water partition coefficient (Wildman–Crippen LogP) is 0.829. The van der Waals surface area contributed by atoms with Crippen molar-refractivity contribution in [2.24, 2.45) is 0 Å². The number of carbonyl (C=O) groups is 1. The topological polar surface area (TPSA) is 29.1 Å². The zero-order valence-corrected chi connectivity index (χ0v) is 7.12. The van der Waals surface area contributed by atoms with Gasteiger partial charge in [0, 0.05) is 11.1 Å². The van der Waals surface area contributed by atoms with E-state index in [1.165, 1.54) is 0 Å². The molecule has 0 heterocycles. The summed E-state index contributed by atoms with van der Waals surface area (Å²) in [6, 6.07) is 0. The Bertz CT molecular complexity index is 158. The number of amides is 1. The van der Waals surface area contributed by atoms with Crippen molar-refractivity contribution in [3.05, 3.63) is 12.2 Å². The zero-order chi connectivity index (χ0) is 8.36. The summed E-state index contributed by atoms with van der Waals surface area (Å²) in [5.74, 6) is -0.0764. The molecule has 0 radical (unpaired) electrons. The van der Waals surface area contributed by atoms with E-state index in [4.69, 9.17) is 0 Å². The third kappa shape index (κ3) is 8.11. The molecule has 3 heteroatoms. The summed E-state index contributed by atoms with van der Waals surface area (Å²) < 4.78 is 0. The van der Waals surface area contributed by atoms with E-state index in [2.05, 4.69) is 11.9 Å². The molecule has 1 amide bonds. The molecule has 0 aromatic carbocycles. The molecule has 60 valence electrons. The van der Waals surface area contributed by atoms with Crippen molar-refractivity contribution in [3.63, 3.8) is 0 Å². The summed E-state index contributed by atoms with van der Waals surface area (Å²) in [5, 5.41) is 2.78. The predicted molar refractivity (Wildman–Crippen MR) is 49.9 cm³/mol. The van der Waals surface area contributed by atoms with Gasteiger partial charge in [0.05, 0.1) is 0 Å². The maximum atomic E-state index is 10.9. The Morgan fingerprint density at radius 2 is 1.73 bits per heavy atom. The second-order valence-corrected chi connectivity index (χ2v) is 3.48. The van der Waals surface area contributed by atoms with Gasteiger partial charge in [-0.2, -0.15) is 0 Å². The molecule has 11 heavy (non-hydrogen) atoms. The average molecular weight is 165 g/mol. The summed E-state index contributed by atoms with van der Waals surface area (Å²) in [6.07, 6.45) is 0. The maximum absolute atomic E-state index is 10.9. The second-order valence-electron chi connectivity index (χ2n) is 3.48. The summed E-state index contributed by atoms with van der Waals surface area (Å²) >= 11 is 0. The Labute approximate surface area is 90.7 Å². The van der Waals surface area contributed by atoms with Gasteiger partial charge in [-0.3, -0.25) is 4.79 Å². The van der Waals surface area contributed by atoms with E-state index in [0.29, 0.717) is 5.57 Å². The normalized spacial score (nSPS) is 9.82. The fourth-order valence-corrected chi connectivity index (χ4v) is 0.447. The van der Waals surface area contributed by atoms with Crippen LogP contribution in [0.4, 0.5) is 0 Å². The van der Waals surface area contributed by atoms with Crippen LogP contribution < -0.4 is 5.32 Å². The van der Waals surface area contributed by atoms with E-state index in [9.17, 15) is 4.79 Å². The van der Waals surface area contributed by atoms with Gasteiger partial charge in [-0.05, 0) is 27.7 Å². The van der Waals surface area contributed by atoms with Crippen LogP contribution in [0.1, 0.15) is 27.7 Å². The van der Waals surface area contributed by atoms with E-state index >= 15 is 0 Å². The van der Waals surface area contributed by atoms with Crippen molar-refractivity contribution >= 4 is 35.5 Å². The molecule has 0 aromatic rings. The minimum atomic E-state index is -0.157. The van der Waals surface area contributed by atoms with Crippen LogP contribution in [0, 0.1) is 0 Å². The summed E-state index contributed by atoms with van der Waals surface area (Å²) in [4.78, 5) is 10.9. The Balaban J connectivity index is 0. The number of hydrogen-bond acceptors (Lipinski definition) is 1. The van der Waals surface area contributed by atoms with Crippen molar-refractivity contribution in [2.75, 3.05) is 0 Å². The minimum absolute atomic E-state index is 0. The quantitative estimate of drug-likeness (QED) is 0.452. The fourth-order valence-electron chi connectivity index (χ4n) is 0.447. The number of carbonyl (C=O) groups excluding carboxylic acids is 1. The molecule has 0 unspecified atom stereocenters. The molecule has 0 aliphatic rings. The SMILES string of the molecule is C=C(C)C(=O)NC(C)(C)C.[NaH]. The molecule has 0 aliphatic heterocycles. The van der Waals surface area contributed by atoms with Crippen molar-refractivity contribution in [1.29, 1.82) is 0 Å². The third-order valence-electron chi connectivity index (χ3n) is 0.876. The Hall–Kier alpha value is 0.210. The van der Waals surface area contributed by atoms with E-state index in [0.717, 1.165) is 0 Å². The summed E-state index contributed by atoms with van der Waals surface area (Å²) in [7, 11) is 0.